The summed E-state index contributed by atoms with van der Waals surface area (Å²) >= 11 is 3.43. The zero-order valence-electron chi connectivity index (χ0n) is 11.0. The molecule has 0 amide bonds. The average molecular weight is 310 g/mol. The highest BCUT2D eigenvalue weighted by Crippen LogP contribution is 2.49. The van der Waals surface area contributed by atoms with E-state index in [1.54, 1.807) is 0 Å². The van der Waals surface area contributed by atoms with Crippen LogP contribution in [0.25, 0.3) is 0 Å². The predicted molar refractivity (Wildman–Crippen MR) is 76.5 cm³/mol. The van der Waals surface area contributed by atoms with E-state index < -0.39 is 0 Å². The van der Waals surface area contributed by atoms with Crippen molar-refractivity contribution in [3.05, 3.63) is 16.5 Å². The molecule has 0 radical (unpaired) electrons. The molecule has 4 heteroatoms. The summed E-state index contributed by atoms with van der Waals surface area (Å²) in [5.74, 6) is 4.54. The van der Waals surface area contributed by atoms with Crippen LogP contribution in [0.2, 0.25) is 0 Å². The summed E-state index contributed by atoms with van der Waals surface area (Å²) in [6.07, 6.45) is 5.77. The minimum absolute atomic E-state index is 0.515. The molecule has 2 bridgehead atoms. The van der Waals surface area contributed by atoms with E-state index in [0.29, 0.717) is 6.04 Å². The maximum atomic E-state index is 4.46. The van der Waals surface area contributed by atoms with Crippen LogP contribution in [0.5, 0.6) is 0 Å². The van der Waals surface area contributed by atoms with Crippen molar-refractivity contribution in [1.29, 1.82) is 0 Å². The number of nitrogens with zero attached hydrogens (tertiary/aromatic N) is 2. The number of aryl methyl sites for hydroxylation is 1. The lowest BCUT2D eigenvalue weighted by molar-refractivity contribution is 0.304. The first-order valence-electron chi connectivity index (χ1n) is 6.89. The smallest absolute Gasteiger partial charge is 0.131 e. The molecule has 3 rings (SSSR count). The molecule has 0 aliphatic heterocycles. The van der Waals surface area contributed by atoms with Crippen molar-refractivity contribution < 1.29 is 0 Å². The quantitative estimate of drug-likeness (QED) is 0.863. The van der Waals surface area contributed by atoms with Crippen LogP contribution in [-0.4, -0.2) is 16.0 Å². The third-order valence-corrected chi connectivity index (χ3v) is 5.02. The monoisotopic (exact) mass is 309 g/mol. The number of nitrogens with one attached hydrogen (secondary N) is 1. The standard InChI is InChI=1S/C14H20BrN3/c1-8(12-6-10-3-4-11(12)5-10)16-14-7-13(15)17-9(2)18-14/h7-8,10-12H,3-6H2,1-2H3,(H,16,17,18). The topological polar surface area (TPSA) is 37.8 Å². The molecule has 4 unspecified atom stereocenters. The highest BCUT2D eigenvalue weighted by molar-refractivity contribution is 9.10. The minimum atomic E-state index is 0.515. The van der Waals surface area contributed by atoms with Gasteiger partial charge >= 0.3 is 0 Å². The molecule has 1 N–H and O–H groups in total. The second-order valence-electron chi connectivity index (χ2n) is 5.89. The van der Waals surface area contributed by atoms with Gasteiger partial charge in [-0.15, -0.1) is 0 Å². The van der Waals surface area contributed by atoms with E-state index in [9.17, 15) is 0 Å². The highest BCUT2D eigenvalue weighted by Gasteiger charge is 2.41. The van der Waals surface area contributed by atoms with Crippen molar-refractivity contribution in [2.45, 2.75) is 45.6 Å². The van der Waals surface area contributed by atoms with Gasteiger partial charge in [-0.25, -0.2) is 9.97 Å². The number of anilines is 1. The van der Waals surface area contributed by atoms with Gasteiger partial charge in [0, 0.05) is 12.1 Å². The number of hydrogen-bond acceptors (Lipinski definition) is 3. The van der Waals surface area contributed by atoms with E-state index in [-0.39, 0.29) is 0 Å². The van der Waals surface area contributed by atoms with Gasteiger partial charge in [-0.2, -0.15) is 0 Å². The van der Waals surface area contributed by atoms with Gasteiger partial charge in [0.2, 0.25) is 0 Å². The third kappa shape index (κ3) is 2.40. The number of halogens is 1. The van der Waals surface area contributed by atoms with Crippen LogP contribution in [0.15, 0.2) is 10.7 Å². The maximum Gasteiger partial charge on any atom is 0.131 e. The van der Waals surface area contributed by atoms with Crippen LogP contribution in [0.4, 0.5) is 5.82 Å². The second-order valence-corrected chi connectivity index (χ2v) is 6.71. The van der Waals surface area contributed by atoms with E-state index in [1.807, 2.05) is 13.0 Å². The SMILES string of the molecule is Cc1nc(Br)cc(NC(C)C2CC3CCC2C3)n1. The summed E-state index contributed by atoms with van der Waals surface area (Å²) in [5, 5.41) is 3.57. The van der Waals surface area contributed by atoms with Gasteiger partial charge in [0.15, 0.2) is 0 Å². The number of hydrogen-bond donors (Lipinski definition) is 1. The molecule has 2 fully saturated rings. The maximum absolute atomic E-state index is 4.46. The summed E-state index contributed by atoms with van der Waals surface area (Å²) in [4.78, 5) is 8.70. The Morgan fingerprint density at radius 1 is 1.33 bits per heavy atom. The van der Waals surface area contributed by atoms with Crippen LogP contribution in [0.1, 0.15) is 38.4 Å². The Kier molecular flexibility index (Phi) is 3.31. The molecular formula is C14H20BrN3. The normalized spacial score (nSPS) is 31.6. The lowest BCUT2D eigenvalue weighted by Crippen LogP contribution is -2.30. The summed E-state index contributed by atoms with van der Waals surface area (Å²) in [5.41, 5.74) is 0. The lowest BCUT2D eigenvalue weighted by atomic mass is 9.84. The summed E-state index contributed by atoms with van der Waals surface area (Å²) in [7, 11) is 0. The Labute approximate surface area is 117 Å². The first-order valence-corrected chi connectivity index (χ1v) is 7.69. The van der Waals surface area contributed by atoms with Gasteiger partial charge in [0.05, 0.1) is 0 Å². The van der Waals surface area contributed by atoms with Gasteiger partial charge in [0.25, 0.3) is 0 Å². The zero-order chi connectivity index (χ0) is 12.7. The van der Waals surface area contributed by atoms with Crippen molar-refractivity contribution in [3.8, 4) is 0 Å². The molecule has 0 spiro atoms. The summed E-state index contributed by atoms with van der Waals surface area (Å²) < 4.78 is 0.859. The lowest BCUT2D eigenvalue weighted by Gasteiger charge is -2.28. The predicted octanol–water partition coefficient (Wildman–Crippen LogP) is 3.78. The molecule has 18 heavy (non-hydrogen) atoms. The van der Waals surface area contributed by atoms with E-state index in [4.69, 9.17) is 0 Å². The number of aromatic nitrogens is 2. The van der Waals surface area contributed by atoms with Gasteiger partial charge in [-0.3, -0.25) is 0 Å². The molecular weight excluding hydrogens is 290 g/mol. The first kappa shape index (κ1) is 12.4. The first-order chi connectivity index (χ1) is 8.61. The Balaban J connectivity index is 1.68. The van der Waals surface area contributed by atoms with Crippen molar-refractivity contribution in [3.63, 3.8) is 0 Å². The van der Waals surface area contributed by atoms with Crippen LogP contribution < -0.4 is 5.32 Å². The van der Waals surface area contributed by atoms with E-state index in [0.717, 1.165) is 34.0 Å². The Morgan fingerprint density at radius 3 is 2.78 bits per heavy atom. The van der Waals surface area contributed by atoms with Crippen molar-refractivity contribution >= 4 is 21.7 Å². The fraction of sp³-hybridized carbons (Fsp3) is 0.714. The van der Waals surface area contributed by atoms with E-state index in [1.165, 1.54) is 25.7 Å². The molecule has 1 aromatic heterocycles. The zero-order valence-corrected chi connectivity index (χ0v) is 12.6. The fourth-order valence-electron chi connectivity index (χ4n) is 3.85. The second kappa shape index (κ2) is 4.80. The summed E-state index contributed by atoms with van der Waals surface area (Å²) in [6.45, 7) is 4.23. The van der Waals surface area contributed by atoms with Crippen LogP contribution >= 0.6 is 15.9 Å². The van der Waals surface area contributed by atoms with Gasteiger partial charge in [-0.05, 0) is 66.8 Å². The highest BCUT2D eigenvalue weighted by atomic mass is 79.9. The third-order valence-electron chi connectivity index (χ3n) is 4.62. The Hall–Kier alpha value is -0.640. The Bertz CT molecular complexity index is 428. The average Bonchev–Trinajstić information content (AvgIpc) is 2.88. The molecule has 4 atom stereocenters. The van der Waals surface area contributed by atoms with Gasteiger partial charge in [0.1, 0.15) is 16.2 Å². The largest absolute Gasteiger partial charge is 0.367 e. The van der Waals surface area contributed by atoms with Crippen molar-refractivity contribution in [2.75, 3.05) is 5.32 Å². The molecule has 98 valence electrons. The Morgan fingerprint density at radius 2 is 2.17 bits per heavy atom. The van der Waals surface area contributed by atoms with Crippen molar-refractivity contribution in [2.24, 2.45) is 17.8 Å². The van der Waals surface area contributed by atoms with Crippen LogP contribution in [0.3, 0.4) is 0 Å². The van der Waals surface area contributed by atoms with E-state index in [2.05, 4.69) is 38.1 Å². The van der Waals surface area contributed by atoms with Gasteiger partial charge in [-0.1, -0.05) is 6.42 Å². The van der Waals surface area contributed by atoms with Gasteiger partial charge < -0.3 is 5.32 Å². The fourth-order valence-corrected chi connectivity index (χ4v) is 4.33. The molecule has 0 aromatic carbocycles. The van der Waals surface area contributed by atoms with E-state index >= 15 is 0 Å². The molecule has 1 heterocycles. The molecule has 2 aliphatic rings. The summed E-state index contributed by atoms with van der Waals surface area (Å²) in [6, 6.07) is 2.48. The molecule has 3 nitrogen and oxygen atoms in total. The minimum Gasteiger partial charge on any atom is -0.367 e. The van der Waals surface area contributed by atoms with Crippen molar-refractivity contribution in [1.82, 2.24) is 9.97 Å². The molecule has 1 aromatic rings. The number of rotatable bonds is 3. The van der Waals surface area contributed by atoms with Crippen LogP contribution in [-0.2, 0) is 0 Å². The molecule has 2 saturated carbocycles. The number of fused-ring (bicyclic) bond motifs is 2. The molecule has 2 aliphatic carbocycles. The van der Waals surface area contributed by atoms with Crippen LogP contribution in [0, 0.1) is 24.7 Å². The molecule has 0 saturated heterocycles.